The molecule has 0 aliphatic heterocycles. The van der Waals surface area contributed by atoms with Crippen molar-refractivity contribution in [1.82, 2.24) is 0 Å². The number of aliphatic hydroxyl groups excluding tert-OH is 1. The Labute approximate surface area is 107 Å². The van der Waals surface area contributed by atoms with Gasteiger partial charge in [-0.25, -0.2) is 0 Å². The van der Waals surface area contributed by atoms with Crippen LogP contribution in [0.5, 0.6) is 0 Å². The van der Waals surface area contributed by atoms with Crippen molar-refractivity contribution in [2.75, 3.05) is 6.61 Å². The molecule has 0 radical (unpaired) electrons. The van der Waals surface area contributed by atoms with Crippen LogP contribution in [0, 0.1) is 0 Å². The first kappa shape index (κ1) is 16.9. The summed E-state index contributed by atoms with van der Waals surface area (Å²) in [5, 5.41) is 25.6. The molecule has 3 N–H and O–H groups in total. The van der Waals surface area contributed by atoms with Crippen LogP contribution >= 0.6 is 0 Å². The molecular formula is C12H22O6. The summed E-state index contributed by atoms with van der Waals surface area (Å²) in [4.78, 5) is 21.4. The number of hydrogen-bond donors (Lipinski definition) is 3. The molecule has 0 unspecified atom stereocenters. The van der Waals surface area contributed by atoms with Gasteiger partial charge in [0, 0.05) is 12.8 Å². The predicted octanol–water partition coefficient (Wildman–Crippen LogP) is 1.05. The van der Waals surface area contributed by atoms with Crippen LogP contribution in [0.1, 0.15) is 51.4 Å². The van der Waals surface area contributed by atoms with Gasteiger partial charge in [0.15, 0.2) is 6.29 Å². The highest BCUT2D eigenvalue weighted by atomic mass is 16.5. The Morgan fingerprint density at radius 2 is 1.61 bits per heavy atom. The van der Waals surface area contributed by atoms with E-state index in [2.05, 4.69) is 0 Å². The maximum absolute atomic E-state index is 11.2. The van der Waals surface area contributed by atoms with E-state index in [1.54, 1.807) is 0 Å². The maximum Gasteiger partial charge on any atom is 0.305 e. The number of esters is 1. The van der Waals surface area contributed by atoms with Gasteiger partial charge in [-0.15, -0.1) is 0 Å². The third-order valence-electron chi connectivity index (χ3n) is 2.39. The highest BCUT2D eigenvalue weighted by molar-refractivity contribution is 5.69. The van der Waals surface area contributed by atoms with Crippen LogP contribution in [0.2, 0.25) is 0 Å². The average molecular weight is 262 g/mol. The fourth-order valence-electron chi connectivity index (χ4n) is 1.41. The van der Waals surface area contributed by atoms with Crippen molar-refractivity contribution in [3.8, 4) is 0 Å². The fourth-order valence-corrected chi connectivity index (χ4v) is 1.41. The van der Waals surface area contributed by atoms with E-state index in [1.165, 1.54) is 0 Å². The van der Waals surface area contributed by atoms with E-state index in [1.807, 2.05) is 0 Å². The monoisotopic (exact) mass is 262 g/mol. The Morgan fingerprint density at radius 1 is 0.944 bits per heavy atom. The van der Waals surface area contributed by atoms with Gasteiger partial charge < -0.3 is 20.1 Å². The Balaban J connectivity index is 3.24. The zero-order valence-electron chi connectivity index (χ0n) is 10.5. The highest BCUT2D eigenvalue weighted by Gasteiger charge is 2.04. The summed E-state index contributed by atoms with van der Waals surface area (Å²) in [6.07, 6.45) is 2.59. The van der Waals surface area contributed by atoms with E-state index in [0.29, 0.717) is 38.7 Å². The van der Waals surface area contributed by atoms with Crippen molar-refractivity contribution in [2.45, 2.75) is 57.7 Å². The molecular weight excluding hydrogens is 240 g/mol. The lowest BCUT2D eigenvalue weighted by Crippen LogP contribution is -2.07. The second kappa shape index (κ2) is 11.0. The normalized spacial score (nSPS) is 10.6. The van der Waals surface area contributed by atoms with Crippen LogP contribution < -0.4 is 0 Å². The SMILES string of the molecule is O=C(O)CCCCC(=O)OCCCCCC(O)O. The third kappa shape index (κ3) is 12.9. The van der Waals surface area contributed by atoms with Gasteiger partial charge in [-0.05, 0) is 38.5 Å². The number of unbranched alkanes of at least 4 members (excludes halogenated alkanes) is 3. The molecule has 0 aliphatic carbocycles. The molecule has 0 rings (SSSR count). The Hall–Kier alpha value is -1.14. The minimum atomic E-state index is -1.26. The van der Waals surface area contributed by atoms with Crippen molar-refractivity contribution in [3.05, 3.63) is 0 Å². The standard InChI is InChI=1S/C12H22O6/c13-10(14)6-2-1-5-9-18-12(17)8-4-3-7-11(15)16/h10,13-14H,1-9H2,(H,15,16). The van der Waals surface area contributed by atoms with E-state index in [9.17, 15) is 9.59 Å². The summed E-state index contributed by atoms with van der Waals surface area (Å²) < 4.78 is 4.94. The van der Waals surface area contributed by atoms with Crippen molar-refractivity contribution < 1.29 is 29.6 Å². The quantitative estimate of drug-likeness (QED) is 0.292. The van der Waals surface area contributed by atoms with Gasteiger partial charge in [-0.3, -0.25) is 9.59 Å². The zero-order valence-corrected chi connectivity index (χ0v) is 10.5. The van der Waals surface area contributed by atoms with Crippen molar-refractivity contribution in [2.24, 2.45) is 0 Å². The van der Waals surface area contributed by atoms with Gasteiger partial charge in [0.2, 0.25) is 0 Å². The van der Waals surface area contributed by atoms with Gasteiger partial charge in [0.1, 0.15) is 0 Å². The summed E-state index contributed by atoms with van der Waals surface area (Å²) >= 11 is 0. The molecule has 0 bridgehead atoms. The van der Waals surface area contributed by atoms with Gasteiger partial charge in [0.25, 0.3) is 0 Å². The van der Waals surface area contributed by atoms with Crippen LogP contribution in [0.4, 0.5) is 0 Å². The van der Waals surface area contributed by atoms with Crippen LogP contribution in [0.15, 0.2) is 0 Å². The van der Waals surface area contributed by atoms with E-state index in [0.717, 1.165) is 6.42 Å². The van der Waals surface area contributed by atoms with E-state index in [4.69, 9.17) is 20.1 Å². The number of carbonyl (C=O) groups is 2. The zero-order chi connectivity index (χ0) is 13.8. The molecule has 0 atom stereocenters. The molecule has 0 aliphatic rings. The molecule has 0 heterocycles. The maximum atomic E-state index is 11.2. The smallest absolute Gasteiger partial charge is 0.305 e. The molecule has 0 fully saturated rings. The Kier molecular flexibility index (Phi) is 10.3. The molecule has 0 saturated heterocycles. The lowest BCUT2D eigenvalue weighted by molar-refractivity contribution is -0.144. The average Bonchev–Trinajstić information content (AvgIpc) is 2.28. The molecule has 18 heavy (non-hydrogen) atoms. The van der Waals surface area contributed by atoms with Gasteiger partial charge in [0.05, 0.1) is 6.61 Å². The minimum absolute atomic E-state index is 0.0801. The number of rotatable bonds is 11. The molecule has 106 valence electrons. The second-order valence-corrected chi connectivity index (χ2v) is 4.15. The van der Waals surface area contributed by atoms with Crippen molar-refractivity contribution >= 4 is 11.9 Å². The first-order chi connectivity index (χ1) is 8.52. The molecule has 6 heteroatoms. The Morgan fingerprint density at radius 3 is 2.22 bits per heavy atom. The molecule has 0 aromatic carbocycles. The van der Waals surface area contributed by atoms with E-state index < -0.39 is 12.3 Å². The molecule has 0 saturated carbocycles. The van der Waals surface area contributed by atoms with E-state index in [-0.39, 0.29) is 18.8 Å². The lowest BCUT2D eigenvalue weighted by Gasteiger charge is -2.05. The number of carbonyl (C=O) groups excluding carboxylic acids is 1. The molecule has 0 aromatic heterocycles. The number of carboxylic acids is 1. The summed E-state index contributed by atoms with van der Waals surface area (Å²) in [6, 6.07) is 0. The number of carboxylic acid groups (broad SMARTS) is 1. The second-order valence-electron chi connectivity index (χ2n) is 4.15. The van der Waals surface area contributed by atoms with Crippen LogP contribution in [-0.2, 0) is 14.3 Å². The first-order valence-corrected chi connectivity index (χ1v) is 6.26. The summed E-state index contributed by atoms with van der Waals surface area (Å²) in [5.74, 6) is -1.16. The minimum Gasteiger partial charge on any atom is -0.481 e. The highest BCUT2D eigenvalue weighted by Crippen LogP contribution is 2.04. The van der Waals surface area contributed by atoms with Crippen LogP contribution in [0.3, 0.4) is 0 Å². The molecule has 0 amide bonds. The first-order valence-electron chi connectivity index (χ1n) is 6.26. The van der Waals surface area contributed by atoms with E-state index >= 15 is 0 Å². The van der Waals surface area contributed by atoms with Crippen LogP contribution in [-0.4, -0.2) is 40.2 Å². The van der Waals surface area contributed by atoms with Gasteiger partial charge in [-0.2, -0.15) is 0 Å². The molecule has 6 nitrogen and oxygen atoms in total. The third-order valence-corrected chi connectivity index (χ3v) is 2.39. The van der Waals surface area contributed by atoms with Gasteiger partial charge >= 0.3 is 11.9 Å². The summed E-state index contributed by atoms with van der Waals surface area (Å²) in [6.45, 7) is 0.333. The van der Waals surface area contributed by atoms with Crippen LogP contribution in [0.25, 0.3) is 0 Å². The number of hydrogen-bond acceptors (Lipinski definition) is 5. The number of aliphatic carboxylic acids is 1. The van der Waals surface area contributed by atoms with Crippen molar-refractivity contribution in [1.29, 1.82) is 0 Å². The summed E-state index contributed by atoms with van der Waals surface area (Å²) in [7, 11) is 0. The largest absolute Gasteiger partial charge is 0.481 e. The predicted molar refractivity (Wildman–Crippen MR) is 63.8 cm³/mol. The van der Waals surface area contributed by atoms with Crippen molar-refractivity contribution in [3.63, 3.8) is 0 Å². The Bertz CT molecular complexity index is 239. The number of ether oxygens (including phenoxy) is 1. The molecule has 0 spiro atoms. The molecule has 0 aromatic rings. The summed E-state index contributed by atoms with van der Waals surface area (Å²) in [5.41, 5.74) is 0. The lowest BCUT2D eigenvalue weighted by atomic mass is 10.2. The topological polar surface area (TPSA) is 104 Å². The number of aliphatic hydroxyl groups is 2. The van der Waals surface area contributed by atoms with Gasteiger partial charge in [-0.1, -0.05) is 0 Å². The fraction of sp³-hybridized carbons (Fsp3) is 0.833.